The molecule has 0 aliphatic carbocycles. The van der Waals surface area contributed by atoms with E-state index in [0.29, 0.717) is 32.5 Å². The van der Waals surface area contributed by atoms with E-state index in [9.17, 15) is 14.4 Å². The molecule has 0 N–H and O–H groups in total. The van der Waals surface area contributed by atoms with E-state index < -0.39 is 5.92 Å². The van der Waals surface area contributed by atoms with Crippen LogP contribution in [0.1, 0.15) is 37.7 Å². The van der Waals surface area contributed by atoms with Gasteiger partial charge in [-0.15, -0.1) is 0 Å². The fourth-order valence-corrected chi connectivity index (χ4v) is 3.68. The zero-order chi connectivity index (χ0) is 18.0. The van der Waals surface area contributed by atoms with Crippen LogP contribution in [0.2, 0.25) is 0 Å². The van der Waals surface area contributed by atoms with Gasteiger partial charge in [-0.2, -0.15) is 0 Å². The highest BCUT2D eigenvalue weighted by Crippen LogP contribution is 2.36. The van der Waals surface area contributed by atoms with E-state index in [2.05, 4.69) is 0 Å². The van der Waals surface area contributed by atoms with E-state index in [-0.39, 0.29) is 30.1 Å². The maximum Gasteiger partial charge on any atom is 0.309 e. The Balaban J connectivity index is 1.71. The number of benzene rings is 1. The Morgan fingerprint density at radius 3 is 2.56 bits per heavy atom. The summed E-state index contributed by atoms with van der Waals surface area (Å²) in [4.78, 5) is 40.5. The van der Waals surface area contributed by atoms with Crippen LogP contribution in [0.3, 0.4) is 0 Å². The topological polar surface area (TPSA) is 66.9 Å². The molecule has 1 aromatic carbocycles. The Kier molecular flexibility index (Phi) is 5.06. The van der Waals surface area contributed by atoms with Crippen molar-refractivity contribution in [1.29, 1.82) is 0 Å². The third-order valence-corrected chi connectivity index (χ3v) is 5.15. The predicted octanol–water partition coefficient (Wildman–Crippen LogP) is 1.94. The molecule has 2 aliphatic rings. The predicted molar refractivity (Wildman–Crippen MR) is 93.1 cm³/mol. The Labute approximate surface area is 147 Å². The smallest absolute Gasteiger partial charge is 0.309 e. The summed E-state index contributed by atoms with van der Waals surface area (Å²) in [6.07, 6.45) is 1.43. The second-order valence-corrected chi connectivity index (χ2v) is 6.62. The molecule has 6 heteroatoms. The lowest BCUT2D eigenvalue weighted by atomic mass is 9.87. The first-order valence-corrected chi connectivity index (χ1v) is 8.83. The summed E-state index contributed by atoms with van der Waals surface area (Å²) in [6.45, 7) is 3.24. The number of amides is 2. The van der Waals surface area contributed by atoms with Crippen LogP contribution in [-0.4, -0.2) is 49.4 Å². The number of anilines is 1. The molecule has 1 saturated heterocycles. The van der Waals surface area contributed by atoms with Gasteiger partial charge in [0.05, 0.1) is 18.4 Å². The van der Waals surface area contributed by atoms with E-state index in [1.165, 1.54) is 0 Å². The molecule has 25 heavy (non-hydrogen) atoms. The van der Waals surface area contributed by atoms with Crippen LogP contribution in [0.4, 0.5) is 5.69 Å². The molecule has 2 aliphatic heterocycles. The SMILES string of the molecule is CCOC(=O)C1CCN(C(=O)C2CC(=O)N(C)c3ccccc32)CC1. The molecule has 1 atom stereocenters. The molecule has 3 rings (SSSR count). The van der Waals surface area contributed by atoms with Gasteiger partial charge in [0.2, 0.25) is 11.8 Å². The monoisotopic (exact) mass is 344 g/mol. The maximum absolute atomic E-state index is 13.0. The van der Waals surface area contributed by atoms with Crippen LogP contribution in [0.5, 0.6) is 0 Å². The summed E-state index contributed by atoms with van der Waals surface area (Å²) in [7, 11) is 1.74. The molecule has 1 unspecified atom stereocenters. The third-order valence-electron chi connectivity index (χ3n) is 5.15. The molecule has 134 valence electrons. The molecule has 0 saturated carbocycles. The average molecular weight is 344 g/mol. The minimum atomic E-state index is -0.431. The van der Waals surface area contributed by atoms with Crippen molar-refractivity contribution >= 4 is 23.5 Å². The lowest BCUT2D eigenvalue weighted by molar-refractivity contribution is -0.151. The number of hydrogen-bond acceptors (Lipinski definition) is 4. The zero-order valence-corrected chi connectivity index (χ0v) is 14.7. The molecule has 1 fully saturated rings. The number of fused-ring (bicyclic) bond motifs is 1. The number of hydrogen-bond donors (Lipinski definition) is 0. The van der Waals surface area contributed by atoms with Gasteiger partial charge >= 0.3 is 5.97 Å². The largest absolute Gasteiger partial charge is 0.466 e. The summed E-state index contributed by atoms with van der Waals surface area (Å²) in [5, 5.41) is 0. The highest BCUT2D eigenvalue weighted by atomic mass is 16.5. The molecule has 0 bridgehead atoms. The standard InChI is InChI=1S/C19H24N2O4/c1-3-25-19(24)13-8-10-21(11-9-13)18(23)15-12-17(22)20(2)16-7-5-4-6-14(15)16/h4-7,13,15H,3,8-12H2,1-2H3. The highest BCUT2D eigenvalue weighted by molar-refractivity contribution is 6.02. The van der Waals surface area contributed by atoms with Gasteiger partial charge in [-0.05, 0) is 31.4 Å². The van der Waals surface area contributed by atoms with Gasteiger partial charge in [0.15, 0.2) is 0 Å². The first-order chi connectivity index (χ1) is 12.0. The van der Waals surface area contributed by atoms with Crippen molar-refractivity contribution < 1.29 is 19.1 Å². The first-order valence-electron chi connectivity index (χ1n) is 8.83. The summed E-state index contributed by atoms with van der Waals surface area (Å²) < 4.78 is 5.07. The number of nitrogens with zero attached hydrogens (tertiary/aromatic N) is 2. The van der Waals surface area contributed by atoms with Gasteiger partial charge in [-0.3, -0.25) is 14.4 Å². The third kappa shape index (κ3) is 3.38. The first kappa shape index (κ1) is 17.5. The maximum atomic E-state index is 13.0. The number of ether oxygens (including phenoxy) is 1. The van der Waals surface area contributed by atoms with Gasteiger partial charge in [-0.25, -0.2) is 0 Å². The number of piperidine rings is 1. The highest BCUT2D eigenvalue weighted by Gasteiger charge is 2.37. The van der Waals surface area contributed by atoms with Crippen molar-refractivity contribution in [2.45, 2.75) is 32.1 Å². The van der Waals surface area contributed by atoms with Gasteiger partial charge in [0, 0.05) is 32.2 Å². The van der Waals surface area contributed by atoms with Gasteiger partial charge in [-0.1, -0.05) is 18.2 Å². The molecular formula is C19H24N2O4. The minimum absolute atomic E-state index is 0.0174. The van der Waals surface area contributed by atoms with E-state index in [1.807, 2.05) is 24.3 Å². The van der Waals surface area contributed by atoms with Crippen LogP contribution in [0.25, 0.3) is 0 Å². The molecule has 6 nitrogen and oxygen atoms in total. The van der Waals surface area contributed by atoms with Gasteiger partial charge in [0.25, 0.3) is 0 Å². The van der Waals surface area contributed by atoms with Crippen LogP contribution in [-0.2, 0) is 19.1 Å². The van der Waals surface area contributed by atoms with Crippen LogP contribution < -0.4 is 4.90 Å². The van der Waals surface area contributed by atoms with Crippen molar-refractivity contribution in [2.75, 3.05) is 31.6 Å². The Bertz CT molecular complexity index is 680. The molecule has 0 radical (unpaired) electrons. The summed E-state index contributed by atoms with van der Waals surface area (Å²) >= 11 is 0. The Morgan fingerprint density at radius 2 is 1.88 bits per heavy atom. The summed E-state index contributed by atoms with van der Waals surface area (Å²) in [6, 6.07) is 7.57. The summed E-state index contributed by atoms with van der Waals surface area (Å²) in [5.74, 6) is -0.793. The average Bonchev–Trinajstić information content (AvgIpc) is 2.64. The van der Waals surface area contributed by atoms with E-state index in [4.69, 9.17) is 4.74 Å². The van der Waals surface area contributed by atoms with Crippen LogP contribution >= 0.6 is 0 Å². The zero-order valence-electron chi connectivity index (χ0n) is 14.7. The molecule has 2 heterocycles. The number of likely N-dealkylation sites (tertiary alicyclic amines) is 1. The number of carbonyl (C=O) groups excluding carboxylic acids is 3. The fraction of sp³-hybridized carbons (Fsp3) is 0.526. The van der Waals surface area contributed by atoms with Crippen molar-refractivity contribution in [1.82, 2.24) is 4.90 Å². The second-order valence-electron chi connectivity index (χ2n) is 6.62. The lowest BCUT2D eigenvalue weighted by Gasteiger charge is -2.36. The molecular weight excluding hydrogens is 320 g/mol. The van der Waals surface area contributed by atoms with E-state index in [0.717, 1.165) is 11.3 Å². The van der Waals surface area contributed by atoms with E-state index >= 15 is 0 Å². The number of rotatable bonds is 3. The van der Waals surface area contributed by atoms with Crippen molar-refractivity contribution in [3.63, 3.8) is 0 Å². The van der Waals surface area contributed by atoms with Crippen LogP contribution in [0.15, 0.2) is 24.3 Å². The summed E-state index contributed by atoms with van der Waals surface area (Å²) in [5.41, 5.74) is 1.71. The Morgan fingerprint density at radius 1 is 1.20 bits per heavy atom. The van der Waals surface area contributed by atoms with Crippen molar-refractivity contribution in [3.8, 4) is 0 Å². The second kappa shape index (κ2) is 7.25. The molecule has 2 amide bonds. The number of carbonyl (C=O) groups is 3. The molecule has 0 spiro atoms. The van der Waals surface area contributed by atoms with Gasteiger partial charge in [0.1, 0.15) is 0 Å². The van der Waals surface area contributed by atoms with Crippen molar-refractivity contribution in [2.24, 2.45) is 5.92 Å². The molecule has 0 aromatic heterocycles. The van der Waals surface area contributed by atoms with Crippen LogP contribution in [0, 0.1) is 5.92 Å². The van der Waals surface area contributed by atoms with Crippen molar-refractivity contribution in [3.05, 3.63) is 29.8 Å². The van der Waals surface area contributed by atoms with Gasteiger partial charge < -0.3 is 14.5 Å². The minimum Gasteiger partial charge on any atom is -0.466 e. The fourth-order valence-electron chi connectivity index (χ4n) is 3.68. The molecule has 1 aromatic rings. The number of esters is 1. The lowest BCUT2D eigenvalue weighted by Crippen LogP contribution is -2.45. The number of para-hydroxylation sites is 1. The Hall–Kier alpha value is -2.37. The normalized spacial score (nSPS) is 21.0. The van der Waals surface area contributed by atoms with E-state index in [1.54, 1.807) is 23.8 Å². The quantitative estimate of drug-likeness (QED) is 0.786.